The van der Waals surface area contributed by atoms with Gasteiger partial charge < -0.3 is 19.6 Å². The summed E-state index contributed by atoms with van der Waals surface area (Å²) in [4.78, 5) is 47.4. The van der Waals surface area contributed by atoms with E-state index in [0.717, 1.165) is 0 Å². The minimum absolute atomic E-state index is 0.547. The van der Waals surface area contributed by atoms with Crippen molar-refractivity contribution in [3.05, 3.63) is 30.3 Å². The number of benzene rings is 1. The molecule has 0 fully saturated rings. The second kappa shape index (κ2) is 6.19. The maximum Gasteiger partial charge on any atom is 0.350 e. The number of nitrogens with one attached hydrogen (secondary N) is 1. The molecule has 1 rings (SSSR count). The number of hydrogen-bond donors (Lipinski definition) is 5. The van der Waals surface area contributed by atoms with Crippen molar-refractivity contribution in [3.8, 4) is 0 Å². The Kier molecular flexibility index (Phi) is 5.34. The molecule has 5 N–H and O–H groups in total. The topological polar surface area (TPSA) is 144 Å². The first kappa shape index (κ1) is 16.4. The van der Waals surface area contributed by atoms with E-state index in [9.17, 15) is 13.9 Å². The van der Waals surface area contributed by atoms with Crippen LogP contribution in [-0.4, -0.2) is 30.9 Å². The monoisotopic (exact) mass is 327 g/mol. The smallest absolute Gasteiger partial charge is 0.323 e. The van der Waals surface area contributed by atoms with Crippen LogP contribution in [0.5, 0.6) is 0 Å². The maximum absolute atomic E-state index is 11.5. The van der Waals surface area contributed by atoms with Gasteiger partial charge in [0.05, 0.1) is 0 Å². The van der Waals surface area contributed by atoms with Gasteiger partial charge in [-0.2, -0.15) is 0 Å². The number of rotatable bonds is 5. The molecule has 19 heavy (non-hydrogen) atoms. The normalized spacial score (nSPS) is 12.5. The first-order valence-corrected chi connectivity index (χ1v) is 8.92. The zero-order valence-electron chi connectivity index (χ0n) is 9.28. The maximum atomic E-state index is 11.5. The molecule has 0 radical (unpaired) electrons. The first-order chi connectivity index (χ1) is 8.62. The molecule has 0 aliphatic heterocycles. The van der Waals surface area contributed by atoms with E-state index in [0.29, 0.717) is 16.8 Å². The summed E-state index contributed by atoms with van der Waals surface area (Å²) in [7, 11) is -10.5. The predicted octanol–water partition coefficient (Wildman–Crippen LogP) is 0.491. The van der Waals surface area contributed by atoms with E-state index in [1.807, 2.05) is 4.72 Å². The van der Waals surface area contributed by atoms with E-state index >= 15 is 0 Å². The molecule has 0 aliphatic carbocycles. The van der Waals surface area contributed by atoms with Crippen LogP contribution in [0.25, 0.3) is 0 Å². The number of carbonyl (C=O) groups excluding carboxylic acids is 1. The van der Waals surface area contributed by atoms with Crippen molar-refractivity contribution in [1.82, 2.24) is 4.72 Å². The summed E-state index contributed by atoms with van der Waals surface area (Å²) in [5.41, 5.74) is 0. The Morgan fingerprint density at radius 1 is 1.05 bits per heavy atom. The summed E-state index contributed by atoms with van der Waals surface area (Å²) < 4.78 is 23.9. The molecule has 0 saturated carbocycles. The SMILES string of the molecule is O=C(NSc1ccccc1)C(P(=O)(O)O)P(=O)(O)O. The van der Waals surface area contributed by atoms with Crippen LogP contribution in [0.4, 0.5) is 0 Å². The van der Waals surface area contributed by atoms with E-state index in [4.69, 9.17) is 19.6 Å². The van der Waals surface area contributed by atoms with E-state index < -0.39 is 26.5 Å². The molecule has 1 aromatic rings. The minimum Gasteiger partial charge on any atom is -0.323 e. The molecule has 1 amide bonds. The molecule has 0 heterocycles. The summed E-state index contributed by atoms with van der Waals surface area (Å²) in [6.07, 6.45) is 0. The summed E-state index contributed by atoms with van der Waals surface area (Å²) in [6, 6.07) is 8.26. The van der Waals surface area contributed by atoms with Gasteiger partial charge in [-0.05, 0) is 24.1 Å². The van der Waals surface area contributed by atoms with Crippen LogP contribution in [0, 0.1) is 0 Å². The predicted molar refractivity (Wildman–Crippen MR) is 68.3 cm³/mol. The standard InChI is InChI=1S/C8H11NO7P2S/c10-7(8(17(11,12)13)18(14,15)16)9-19-6-4-2-1-3-5-6/h1-5,8H,(H,9,10)(H2,11,12,13)(H2,14,15,16). The number of amides is 1. The van der Waals surface area contributed by atoms with Gasteiger partial charge in [-0.25, -0.2) is 0 Å². The average Bonchev–Trinajstić information content (AvgIpc) is 2.24. The molecule has 0 atom stereocenters. The van der Waals surface area contributed by atoms with Gasteiger partial charge in [-0.15, -0.1) is 0 Å². The Bertz CT molecular complexity index is 517. The third-order valence-corrected chi connectivity index (χ3v) is 6.24. The fourth-order valence-corrected chi connectivity index (χ4v) is 4.26. The van der Waals surface area contributed by atoms with Crippen LogP contribution in [0.1, 0.15) is 0 Å². The van der Waals surface area contributed by atoms with Gasteiger partial charge in [0.25, 0.3) is 5.91 Å². The molecule has 0 saturated heterocycles. The van der Waals surface area contributed by atoms with Crippen molar-refractivity contribution in [3.63, 3.8) is 0 Å². The Morgan fingerprint density at radius 2 is 1.53 bits per heavy atom. The van der Waals surface area contributed by atoms with Crippen LogP contribution in [0.3, 0.4) is 0 Å². The Labute approximate surface area is 112 Å². The Hall–Kier alpha value is -0.660. The summed E-state index contributed by atoms with van der Waals surface area (Å²) >= 11 is 0.703. The molecule has 0 aliphatic rings. The highest BCUT2D eigenvalue weighted by Gasteiger charge is 2.49. The fraction of sp³-hybridized carbons (Fsp3) is 0.125. The molecule has 106 valence electrons. The minimum atomic E-state index is -5.26. The lowest BCUT2D eigenvalue weighted by Gasteiger charge is -2.18. The molecule has 0 bridgehead atoms. The van der Waals surface area contributed by atoms with Crippen LogP contribution < -0.4 is 4.72 Å². The fourth-order valence-electron chi connectivity index (χ4n) is 1.15. The van der Waals surface area contributed by atoms with Gasteiger partial charge in [0.15, 0.2) is 0 Å². The van der Waals surface area contributed by atoms with Gasteiger partial charge in [-0.3, -0.25) is 18.6 Å². The summed E-state index contributed by atoms with van der Waals surface area (Å²) in [6.45, 7) is 0. The van der Waals surface area contributed by atoms with E-state index in [2.05, 4.69) is 0 Å². The van der Waals surface area contributed by atoms with Crippen LogP contribution >= 0.6 is 27.1 Å². The molecular formula is C8H11NO7P2S. The molecule has 0 spiro atoms. The quantitative estimate of drug-likeness (QED) is 0.388. The van der Waals surface area contributed by atoms with Crippen molar-refractivity contribution in [2.45, 2.75) is 10.3 Å². The summed E-state index contributed by atoms with van der Waals surface area (Å²) in [5, 5.41) is -2.70. The van der Waals surface area contributed by atoms with Crippen molar-refractivity contribution in [2.75, 3.05) is 0 Å². The van der Waals surface area contributed by atoms with E-state index in [1.54, 1.807) is 30.3 Å². The highest BCUT2D eigenvalue weighted by molar-refractivity contribution is 7.98. The molecule has 1 aromatic carbocycles. The van der Waals surface area contributed by atoms with Crippen molar-refractivity contribution >= 4 is 33.0 Å². The average molecular weight is 327 g/mol. The van der Waals surface area contributed by atoms with Crippen LogP contribution in [-0.2, 0) is 13.9 Å². The van der Waals surface area contributed by atoms with Crippen molar-refractivity contribution < 1.29 is 33.5 Å². The summed E-state index contributed by atoms with van der Waals surface area (Å²) in [5.74, 6) is -1.42. The lowest BCUT2D eigenvalue weighted by molar-refractivity contribution is -0.117. The van der Waals surface area contributed by atoms with Crippen molar-refractivity contribution in [1.29, 1.82) is 0 Å². The number of carbonyl (C=O) groups is 1. The highest BCUT2D eigenvalue weighted by atomic mass is 32.2. The second-order valence-electron chi connectivity index (χ2n) is 3.43. The van der Waals surface area contributed by atoms with Crippen LogP contribution in [0.2, 0.25) is 0 Å². The van der Waals surface area contributed by atoms with Gasteiger partial charge in [0, 0.05) is 4.90 Å². The molecule has 8 nitrogen and oxygen atoms in total. The third kappa shape index (κ3) is 5.08. The van der Waals surface area contributed by atoms with Crippen LogP contribution in [0.15, 0.2) is 35.2 Å². The molecular weight excluding hydrogens is 316 g/mol. The van der Waals surface area contributed by atoms with Crippen molar-refractivity contribution in [2.24, 2.45) is 0 Å². The van der Waals surface area contributed by atoms with Gasteiger partial charge in [-0.1, -0.05) is 18.2 Å². The zero-order valence-corrected chi connectivity index (χ0v) is 11.9. The first-order valence-electron chi connectivity index (χ1n) is 4.74. The van der Waals surface area contributed by atoms with E-state index in [-0.39, 0.29) is 0 Å². The third-order valence-electron chi connectivity index (χ3n) is 1.88. The van der Waals surface area contributed by atoms with Gasteiger partial charge >= 0.3 is 15.2 Å². The Morgan fingerprint density at radius 3 is 1.95 bits per heavy atom. The van der Waals surface area contributed by atoms with Gasteiger partial charge in [0.1, 0.15) is 0 Å². The number of hydrogen-bond acceptors (Lipinski definition) is 4. The largest absolute Gasteiger partial charge is 0.350 e. The lowest BCUT2D eigenvalue weighted by Crippen LogP contribution is -2.30. The molecule has 11 heteroatoms. The highest BCUT2D eigenvalue weighted by Crippen LogP contribution is 2.59. The Balaban J connectivity index is 2.80. The van der Waals surface area contributed by atoms with Gasteiger partial charge in [0.2, 0.25) is 5.40 Å². The zero-order chi connectivity index (χ0) is 14.7. The molecule has 0 unspecified atom stereocenters. The lowest BCUT2D eigenvalue weighted by atomic mass is 10.4. The second-order valence-corrected chi connectivity index (χ2v) is 8.11. The van der Waals surface area contributed by atoms with E-state index in [1.165, 1.54) is 0 Å². The molecule has 0 aromatic heterocycles.